The Morgan fingerprint density at radius 3 is 2.58 bits per heavy atom. The van der Waals surface area contributed by atoms with Gasteiger partial charge in [-0.05, 0) is 51.3 Å². The summed E-state index contributed by atoms with van der Waals surface area (Å²) in [5.41, 5.74) is 1.72. The third-order valence-electron chi connectivity index (χ3n) is 4.09. The lowest BCUT2D eigenvalue weighted by atomic mass is 9.90. The maximum absolute atomic E-state index is 12.4. The predicted octanol–water partition coefficient (Wildman–Crippen LogP) is 1.99. The first-order valence-corrected chi connectivity index (χ1v) is 6.98. The molecule has 4 nitrogen and oxygen atoms in total. The van der Waals surface area contributed by atoms with Gasteiger partial charge in [0, 0.05) is 31.5 Å². The van der Waals surface area contributed by atoms with Gasteiger partial charge < -0.3 is 10.2 Å². The third kappa shape index (κ3) is 3.32. The first-order chi connectivity index (χ1) is 9.11. The average Bonchev–Trinajstić information content (AvgIpc) is 2.46. The number of carbonyl (C=O) groups is 1. The molecule has 1 aliphatic carbocycles. The highest BCUT2D eigenvalue weighted by Crippen LogP contribution is 2.23. The Balaban J connectivity index is 2.00. The summed E-state index contributed by atoms with van der Waals surface area (Å²) in [4.78, 5) is 18.4. The van der Waals surface area contributed by atoms with E-state index in [0.29, 0.717) is 17.6 Å². The highest BCUT2D eigenvalue weighted by Gasteiger charge is 2.26. The molecule has 1 aliphatic rings. The number of aromatic nitrogens is 1. The van der Waals surface area contributed by atoms with Crippen molar-refractivity contribution in [2.75, 3.05) is 14.1 Å². The summed E-state index contributed by atoms with van der Waals surface area (Å²) in [5.74, 6) is 0.0871. The molecule has 0 unspecified atom stereocenters. The smallest absolute Gasteiger partial charge is 0.255 e. The van der Waals surface area contributed by atoms with Crippen molar-refractivity contribution in [3.8, 4) is 0 Å². The number of hydrogen-bond acceptors (Lipinski definition) is 3. The SMILES string of the molecule is CNC1CCC(N(C)C(=O)c2cncc(C)c2)CC1. The summed E-state index contributed by atoms with van der Waals surface area (Å²) in [6.45, 7) is 1.96. The predicted molar refractivity (Wildman–Crippen MR) is 76.2 cm³/mol. The van der Waals surface area contributed by atoms with Crippen LogP contribution in [0.1, 0.15) is 41.6 Å². The summed E-state index contributed by atoms with van der Waals surface area (Å²) in [6, 6.07) is 2.88. The lowest BCUT2D eigenvalue weighted by molar-refractivity contribution is 0.0685. The van der Waals surface area contributed by atoms with Gasteiger partial charge in [0.15, 0.2) is 0 Å². The Hall–Kier alpha value is -1.42. The number of carbonyl (C=O) groups excluding carboxylic acids is 1. The summed E-state index contributed by atoms with van der Waals surface area (Å²) >= 11 is 0. The van der Waals surface area contributed by atoms with Gasteiger partial charge in [-0.1, -0.05) is 0 Å². The second-order valence-corrected chi connectivity index (χ2v) is 5.46. The van der Waals surface area contributed by atoms with E-state index in [1.54, 1.807) is 12.4 Å². The van der Waals surface area contributed by atoms with E-state index in [2.05, 4.69) is 10.3 Å². The molecule has 0 spiro atoms. The zero-order chi connectivity index (χ0) is 13.8. The zero-order valence-corrected chi connectivity index (χ0v) is 12.0. The fourth-order valence-electron chi connectivity index (χ4n) is 2.79. The van der Waals surface area contributed by atoms with Gasteiger partial charge in [-0.2, -0.15) is 0 Å². The van der Waals surface area contributed by atoms with Crippen LogP contribution < -0.4 is 5.32 Å². The Labute approximate surface area is 115 Å². The molecule has 4 heteroatoms. The van der Waals surface area contributed by atoms with Crippen molar-refractivity contribution >= 4 is 5.91 Å². The van der Waals surface area contributed by atoms with Crippen molar-refractivity contribution in [2.45, 2.75) is 44.7 Å². The van der Waals surface area contributed by atoms with Crippen LogP contribution in [0.5, 0.6) is 0 Å². The highest BCUT2D eigenvalue weighted by molar-refractivity contribution is 5.94. The van der Waals surface area contributed by atoms with Crippen LogP contribution in [0.4, 0.5) is 0 Å². The molecule has 0 atom stereocenters. The average molecular weight is 261 g/mol. The van der Waals surface area contributed by atoms with Crippen LogP contribution >= 0.6 is 0 Å². The number of nitrogens with zero attached hydrogens (tertiary/aromatic N) is 2. The van der Waals surface area contributed by atoms with Crippen LogP contribution in [0.3, 0.4) is 0 Å². The largest absolute Gasteiger partial charge is 0.339 e. The Bertz CT molecular complexity index is 439. The van der Waals surface area contributed by atoms with Crippen LogP contribution in [-0.2, 0) is 0 Å². The molecule has 19 heavy (non-hydrogen) atoms. The molecule has 104 valence electrons. The normalized spacial score (nSPS) is 23.1. The van der Waals surface area contributed by atoms with E-state index in [4.69, 9.17) is 0 Å². The molecular weight excluding hydrogens is 238 g/mol. The van der Waals surface area contributed by atoms with Crippen LogP contribution in [0, 0.1) is 6.92 Å². The fraction of sp³-hybridized carbons (Fsp3) is 0.600. The summed E-state index contributed by atoms with van der Waals surface area (Å²) in [7, 11) is 3.92. The van der Waals surface area contributed by atoms with Gasteiger partial charge in [0.05, 0.1) is 5.56 Å². The molecular formula is C15H23N3O. The first-order valence-electron chi connectivity index (χ1n) is 6.98. The molecule has 0 saturated heterocycles. The lowest BCUT2D eigenvalue weighted by Crippen LogP contribution is -2.42. The van der Waals surface area contributed by atoms with E-state index in [9.17, 15) is 4.79 Å². The number of amides is 1. The molecule has 1 saturated carbocycles. The molecule has 0 bridgehead atoms. The number of pyridine rings is 1. The van der Waals surface area contributed by atoms with E-state index >= 15 is 0 Å². The van der Waals surface area contributed by atoms with Gasteiger partial charge in [-0.25, -0.2) is 0 Å². The molecule has 0 radical (unpaired) electrons. The van der Waals surface area contributed by atoms with E-state index in [-0.39, 0.29) is 5.91 Å². The lowest BCUT2D eigenvalue weighted by Gasteiger charge is -2.34. The van der Waals surface area contributed by atoms with Gasteiger partial charge >= 0.3 is 0 Å². The molecule has 0 aliphatic heterocycles. The quantitative estimate of drug-likeness (QED) is 0.905. The molecule has 0 aromatic carbocycles. The minimum atomic E-state index is 0.0871. The van der Waals surface area contributed by atoms with Crippen molar-refractivity contribution < 1.29 is 4.79 Å². The van der Waals surface area contributed by atoms with Crippen molar-refractivity contribution in [1.29, 1.82) is 0 Å². The number of hydrogen-bond donors (Lipinski definition) is 1. The fourth-order valence-corrected chi connectivity index (χ4v) is 2.79. The van der Waals surface area contributed by atoms with Crippen molar-refractivity contribution in [3.63, 3.8) is 0 Å². The maximum atomic E-state index is 12.4. The highest BCUT2D eigenvalue weighted by atomic mass is 16.2. The Morgan fingerprint density at radius 1 is 1.32 bits per heavy atom. The molecule has 1 fully saturated rings. The van der Waals surface area contributed by atoms with Crippen LogP contribution in [0.2, 0.25) is 0 Å². The van der Waals surface area contributed by atoms with Gasteiger partial charge in [-0.3, -0.25) is 9.78 Å². The second kappa shape index (κ2) is 6.15. The van der Waals surface area contributed by atoms with Crippen molar-refractivity contribution in [3.05, 3.63) is 29.6 Å². The van der Waals surface area contributed by atoms with E-state index in [0.717, 1.165) is 31.2 Å². The van der Waals surface area contributed by atoms with Crippen molar-refractivity contribution in [1.82, 2.24) is 15.2 Å². The van der Waals surface area contributed by atoms with Crippen LogP contribution in [0.25, 0.3) is 0 Å². The summed E-state index contributed by atoms with van der Waals surface area (Å²) in [5, 5.41) is 3.32. The maximum Gasteiger partial charge on any atom is 0.255 e. The van der Waals surface area contributed by atoms with Gasteiger partial charge in [0.2, 0.25) is 0 Å². The van der Waals surface area contributed by atoms with E-state index in [1.165, 1.54) is 0 Å². The first kappa shape index (κ1) is 14.0. The van der Waals surface area contributed by atoms with E-state index < -0.39 is 0 Å². The Kier molecular flexibility index (Phi) is 4.53. The summed E-state index contributed by atoms with van der Waals surface area (Å²) < 4.78 is 0. The Morgan fingerprint density at radius 2 is 2.00 bits per heavy atom. The monoisotopic (exact) mass is 261 g/mol. The van der Waals surface area contributed by atoms with Gasteiger partial charge in [0.1, 0.15) is 0 Å². The van der Waals surface area contributed by atoms with E-state index in [1.807, 2.05) is 32.0 Å². The van der Waals surface area contributed by atoms with Crippen molar-refractivity contribution in [2.24, 2.45) is 0 Å². The third-order valence-corrected chi connectivity index (χ3v) is 4.09. The van der Waals surface area contributed by atoms with Crippen LogP contribution in [0.15, 0.2) is 18.5 Å². The minimum Gasteiger partial charge on any atom is -0.339 e. The molecule has 1 heterocycles. The number of nitrogens with one attached hydrogen (secondary N) is 1. The standard InChI is InChI=1S/C15H23N3O/c1-11-8-12(10-17-9-11)15(19)18(3)14-6-4-13(16-2)5-7-14/h8-10,13-14,16H,4-7H2,1-3H3. The molecule has 1 aromatic rings. The number of aryl methyl sites for hydroxylation is 1. The van der Waals surface area contributed by atoms with Crippen LogP contribution in [-0.4, -0.2) is 42.0 Å². The number of rotatable bonds is 3. The molecule has 2 rings (SSSR count). The van der Waals surface area contributed by atoms with Gasteiger partial charge in [-0.15, -0.1) is 0 Å². The van der Waals surface area contributed by atoms with Gasteiger partial charge in [0.25, 0.3) is 5.91 Å². The second-order valence-electron chi connectivity index (χ2n) is 5.46. The molecule has 1 N–H and O–H groups in total. The topological polar surface area (TPSA) is 45.2 Å². The summed E-state index contributed by atoms with van der Waals surface area (Å²) in [6.07, 6.45) is 7.87. The molecule has 1 amide bonds. The zero-order valence-electron chi connectivity index (χ0n) is 12.0. The minimum absolute atomic E-state index is 0.0871. The molecule has 1 aromatic heterocycles.